The largest absolute Gasteiger partial charge is 0.481 e. The first kappa shape index (κ1) is 7.84. The van der Waals surface area contributed by atoms with Gasteiger partial charge in [0, 0.05) is 0 Å². The van der Waals surface area contributed by atoms with Gasteiger partial charge < -0.3 is 5.11 Å². The van der Waals surface area contributed by atoms with Crippen LogP contribution in [0.25, 0.3) is 0 Å². The number of aliphatic carboxylic acids is 1. The van der Waals surface area contributed by atoms with Crippen LogP contribution in [0.1, 0.15) is 32.1 Å². The third-order valence-electron chi connectivity index (χ3n) is 3.34. The highest BCUT2D eigenvalue weighted by Crippen LogP contribution is 2.57. The number of rotatable bonds is 1. The van der Waals surface area contributed by atoms with Gasteiger partial charge in [0.2, 0.25) is 0 Å². The fourth-order valence-electron chi connectivity index (χ4n) is 2.66. The second-order valence-electron chi connectivity index (χ2n) is 4.37. The van der Waals surface area contributed by atoms with Crippen molar-refractivity contribution in [2.45, 2.75) is 32.1 Å². The first-order valence-corrected chi connectivity index (χ1v) is 4.51. The molecule has 2 saturated carbocycles. The highest BCUT2D eigenvalue weighted by atomic mass is 16.4. The molecule has 2 fully saturated rings. The van der Waals surface area contributed by atoms with Crippen LogP contribution < -0.4 is 0 Å². The molecule has 2 heteroatoms. The molecule has 2 aliphatic rings. The molecule has 66 valence electrons. The van der Waals surface area contributed by atoms with Crippen LogP contribution in [0.5, 0.6) is 0 Å². The van der Waals surface area contributed by atoms with Crippen molar-refractivity contribution in [3.63, 3.8) is 0 Å². The van der Waals surface area contributed by atoms with Crippen molar-refractivity contribution >= 4 is 5.97 Å². The van der Waals surface area contributed by atoms with Gasteiger partial charge in [-0.1, -0.05) is 12.2 Å². The number of carboxylic acids is 1. The molecule has 0 saturated heterocycles. The van der Waals surface area contributed by atoms with Crippen molar-refractivity contribution in [2.75, 3.05) is 0 Å². The van der Waals surface area contributed by atoms with Crippen LogP contribution >= 0.6 is 0 Å². The Labute approximate surface area is 72.3 Å². The van der Waals surface area contributed by atoms with E-state index in [0.29, 0.717) is 5.41 Å². The Morgan fingerprint density at radius 1 is 1.58 bits per heavy atom. The molecule has 1 spiro atoms. The SMILES string of the molecule is C=C1CCC2(C1)CC(C(=O)O)C2. The minimum absolute atomic E-state index is 0.0594. The Hall–Kier alpha value is -0.790. The Balaban J connectivity index is 1.95. The first-order chi connectivity index (χ1) is 5.61. The summed E-state index contributed by atoms with van der Waals surface area (Å²) in [6.45, 7) is 3.95. The maximum atomic E-state index is 10.6. The number of carbonyl (C=O) groups is 1. The smallest absolute Gasteiger partial charge is 0.306 e. The average molecular weight is 166 g/mol. The highest BCUT2D eigenvalue weighted by Gasteiger charge is 2.49. The molecule has 0 radical (unpaired) electrons. The normalized spacial score (nSPS) is 40.0. The van der Waals surface area contributed by atoms with Crippen molar-refractivity contribution in [1.82, 2.24) is 0 Å². The summed E-state index contributed by atoms with van der Waals surface area (Å²) < 4.78 is 0. The van der Waals surface area contributed by atoms with Crippen LogP contribution in [-0.2, 0) is 4.79 Å². The molecule has 12 heavy (non-hydrogen) atoms. The maximum Gasteiger partial charge on any atom is 0.306 e. The zero-order valence-electron chi connectivity index (χ0n) is 7.18. The van der Waals surface area contributed by atoms with E-state index >= 15 is 0 Å². The van der Waals surface area contributed by atoms with Crippen molar-refractivity contribution in [2.24, 2.45) is 11.3 Å². The van der Waals surface area contributed by atoms with Crippen molar-refractivity contribution < 1.29 is 9.90 Å². The summed E-state index contributed by atoms with van der Waals surface area (Å²) >= 11 is 0. The van der Waals surface area contributed by atoms with Gasteiger partial charge in [-0.05, 0) is 37.5 Å². The lowest BCUT2D eigenvalue weighted by Gasteiger charge is -2.43. The quantitative estimate of drug-likeness (QED) is 0.606. The second-order valence-corrected chi connectivity index (χ2v) is 4.37. The summed E-state index contributed by atoms with van der Waals surface area (Å²) in [5.74, 6) is -0.672. The van der Waals surface area contributed by atoms with E-state index in [0.717, 1.165) is 25.7 Å². The summed E-state index contributed by atoms with van der Waals surface area (Å²) in [7, 11) is 0. The summed E-state index contributed by atoms with van der Waals surface area (Å²) in [6.07, 6.45) is 5.15. The minimum Gasteiger partial charge on any atom is -0.481 e. The fourth-order valence-corrected chi connectivity index (χ4v) is 2.66. The van der Waals surface area contributed by atoms with Gasteiger partial charge in [-0.25, -0.2) is 0 Å². The van der Waals surface area contributed by atoms with Gasteiger partial charge in [0.1, 0.15) is 0 Å². The molecule has 2 nitrogen and oxygen atoms in total. The van der Waals surface area contributed by atoms with Crippen LogP contribution in [0.4, 0.5) is 0 Å². The Bertz CT molecular complexity index is 236. The van der Waals surface area contributed by atoms with E-state index in [2.05, 4.69) is 6.58 Å². The highest BCUT2D eigenvalue weighted by molar-refractivity contribution is 5.71. The van der Waals surface area contributed by atoms with Crippen LogP contribution in [0.3, 0.4) is 0 Å². The third kappa shape index (κ3) is 1.06. The molecular weight excluding hydrogens is 152 g/mol. The van der Waals surface area contributed by atoms with Crippen LogP contribution in [0.2, 0.25) is 0 Å². The zero-order valence-corrected chi connectivity index (χ0v) is 7.18. The molecule has 0 aromatic rings. The van der Waals surface area contributed by atoms with Gasteiger partial charge in [0.05, 0.1) is 5.92 Å². The predicted octanol–water partition coefficient (Wildman–Crippen LogP) is 2.21. The molecule has 2 rings (SSSR count). The van der Waals surface area contributed by atoms with Crippen molar-refractivity contribution in [1.29, 1.82) is 0 Å². The molecule has 0 atom stereocenters. The van der Waals surface area contributed by atoms with E-state index in [9.17, 15) is 4.79 Å². The molecule has 1 N–H and O–H groups in total. The fraction of sp³-hybridized carbons (Fsp3) is 0.700. The standard InChI is InChI=1S/C10H14O2/c1-7-2-3-10(4-7)5-8(6-10)9(11)12/h8H,1-6H2,(H,11,12). The molecular formula is C10H14O2. The molecule has 0 heterocycles. The van der Waals surface area contributed by atoms with Gasteiger partial charge in [-0.2, -0.15) is 0 Å². The van der Waals surface area contributed by atoms with Gasteiger partial charge >= 0.3 is 5.97 Å². The lowest BCUT2D eigenvalue weighted by molar-refractivity contribution is -0.149. The number of hydrogen-bond donors (Lipinski definition) is 1. The summed E-state index contributed by atoms with van der Waals surface area (Å²) in [6, 6.07) is 0. The molecule has 0 aromatic heterocycles. The van der Waals surface area contributed by atoms with E-state index in [1.165, 1.54) is 12.0 Å². The minimum atomic E-state index is -0.613. The Morgan fingerprint density at radius 2 is 2.25 bits per heavy atom. The monoisotopic (exact) mass is 166 g/mol. The predicted molar refractivity (Wildman–Crippen MR) is 45.8 cm³/mol. The maximum absolute atomic E-state index is 10.6. The Kier molecular flexibility index (Phi) is 1.53. The topological polar surface area (TPSA) is 37.3 Å². The molecule has 0 aliphatic heterocycles. The van der Waals surface area contributed by atoms with Crippen LogP contribution in [0, 0.1) is 11.3 Å². The molecule has 0 aromatic carbocycles. The lowest BCUT2D eigenvalue weighted by atomic mass is 9.61. The van der Waals surface area contributed by atoms with E-state index in [1.807, 2.05) is 0 Å². The first-order valence-electron chi connectivity index (χ1n) is 4.51. The van der Waals surface area contributed by atoms with Crippen molar-refractivity contribution in [3.05, 3.63) is 12.2 Å². The number of hydrogen-bond acceptors (Lipinski definition) is 1. The molecule has 0 bridgehead atoms. The van der Waals surface area contributed by atoms with Gasteiger partial charge in [0.25, 0.3) is 0 Å². The van der Waals surface area contributed by atoms with Gasteiger partial charge in [-0.15, -0.1) is 0 Å². The van der Waals surface area contributed by atoms with E-state index in [1.54, 1.807) is 0 Å². The Morgan fingerprint density at radius 3 is 2.67 bits per heavy atom. The zero-order chi connectivity index (χ0) is 8.77. The van der Waals surface area contributed by atoms with E-state index in [-0.39, 0.29) is 5.92 Å². The number of carboxylic acid groups (broad SMARTS) is 1. The van der Waals surface area contributed by atoms with E-state index < -0.39 is 5.97 Å². The molecule has 0 amide bonds. The van der Waals surface area contributed by atoms with Crippen LogP contribution in [-0.4, -0.2) is 11.1 Å². The van der Waals surface area contributed by atoms with Crippen LogP contribution in [0.15, 0.2) is 12.2 Å². The summed E-state index contributed by atoms with van der Waals surface area (Å²) in [5, 5.41) is 8.72. The molecule has 0 unspecified atom stereocenters. The lowest BCUT2D eigenvalue weighted by Crippen LogP contribution is -2.39. The number of allylic oxidation sites excluding steroid dienone is 1. The molecule has 2 aliphatic carbocycles. The van der Waals surface area contributed by atoms with E-state index in [4.69, 9.17) is 5.11 Å². The third-order valence-corrected chi connectivity index (χ3v) is 3.34. The second kappa shape index (κ2) is 2.35. The van der Waals surface area contributed by atoms with Gasteiger partial charge in [-0.3, -0.25) is 4.79 Å². The summed E-state index contributed by atoms with van der Waals surface area (Å²) in [4.78, 5) is 10.6. The van der Waals surface area contributed by atoms with Crippen molar-refractivity contribution in [3.8, 4) is 0 Å². The summed E-state index contributed by atoms with van der Waals surface area (Å²) in [5.41, 5.74) is 1.68. The van der Waals surface area contributed by atoms with Gasteiger partial charge in [0.15, 0.2) is 0 Å². The average Bonchev–Trinajstić information content (AvgIpc) is 2.27.